The summed E-state index contributed by atoms with van der Waals surface area (Å²) in [6, 6.07) is 8.55. The maximum atomic E-state index is 12.8. The van der Waals surface area contributed by atoms with Crippen LogP contribution in [0.2, 0.25) is 0 Å². The van der Waals surface area contributed by atoms with Gasteiger partial charge in [-0.05, 0) is 31.7 Å². The van der Waals surface area contributed by atoms with Gasteiger partial charge < -0.3 is 19.5 Å². The highest BCUT2D eigenvalue weighted by atomic mass is 16.5. The van der Waals surface area contributed by atoms with Crippen LogP contribution >= 0.6 is 0 Å². The SMILES string of the molecule is CCC1CCCCN1C(=O)Nc1cn(CCOC)c2ccccc12. The van der Waals surface area contributed by atoms with Crippen molar-refractivity contribution in [1.82, 2.24) is 9.47 Å². The molecule has 1 fully saturated rings. The number of benzene rings is 1. The van der Waals surface area contributed by atoms with Gasteiger partial charge in [0, 0.05) is 37.8 Å². The Bertz CT molecular complexity index is 695. The number of urea groups is 1. The van der Waals surface area contributed by atoms with Crippen molar-refractivity contribution in [2.45, 2.75) is 45.2 Å². The fraction of sp³-hybridized carbons (Fsp3) is 0.526. The topological polar surface area (TPSA) is 46.5 Å². The monoisotopic (exact) mass is 329 g/mol. The molecule has 1 aliphatic heterocycles. The third-order valence-electron chi connectivity index (χ3n) is 4.93. The molecular weight excluding hydrogens is 302 g/mol. The van der Waals surface area contributed by atoms with Crippen LogP contribution in [-0.4, -0.2) is 41.8 Å². The second-order valence-corrected chi connectivity index (χ2v) is 6.43. The van der Waals surface area contributed by atoms with E-state index in [1.165, 1.54) is 6.42 Å². The van der Waals surface area contributed by atoms with Gasteiger partial charge in [-0.15, -0.1) is 0 Å². The molecule has 1 saturated heterocycles. The number of ether oxygens (including phenoxy) is 1. The van der Waals surface area contributed by atoms with Crippen molar-refractivity contribution in [2.75, 3.05) is 25.6 Å². The van der Waals surface area contributed by atoms with Gasteiger partial charge in [-0.3, -0.25) is 0 Å². The number of carbonyl (C=O) groups is 1. The van der Waals surface area contributed by atoms with E-state index in [1.807, 2.05) is 23.2 Å². The number of hydrogen-bond donors (Lipinski definition) is 1. The second-order valence-electron chi connectivity index (χ2n) is 6.43. The largest absolute Gasteiger partial charge is 0.383 e. The highest BCUT2D eigenvalue weighted by Crippen LogP contribution is 2.27. The summed E-state index contributed by atoms with van der Waals surface area (Å²) in [6.45, 7) is 4.43. The standard InChI is InChI=1S/C19H27N3O2/c1-3-15-8-6-7-11-22(15)19(23)20-17-14-21(12-13-24-2)18-10-5-4-9-16(17)18/h4-5,9-10,14-15H,3,6-8,11-13H2,1-2H3,(H,20,23). The molecule has 1 aromatic carbocycles. The molecule has 2 amide bonds. The lowest BCUT2D eigenvalue weighted by atomic mass is 10.0. The predicted octanol–water partition coefficient (Wildman–Crippen LogP) is 4.08. The molecular formula is C19H27N3O2. The van der Waals surface area contributed by atoms with E-state index in [1.54, 1.807) is 7.11 Å². The first kappa shape index (κ1) is 16.8. The van der Waals surface area contributed by atoms with Crippen molar-refractivity contribution in [1.29, 1.82) is 0 Å². The predicted molar refractivity (Wildman–Crippen MR) is 97.5 cm³/mol. The highest BCUT2D eigenvalue weighted by molar-refractivity contribution is 6.01. The number of nitrogens with zero attached hydrogens (tertiary/aromatic N) is 2. The first-order chi connectivity index (χ1) is 11.7. The van der Waals surface area contributed by atoms with Gasteiger partial charge in [0.05, 0.1) is 17.8 Å². The lowest BCUT2D eigenvalue weighted by molar-refractivity contribution is 0.160. The average molecular weight is 329 g/mol. The van der Waals surface area contributed by atoms with Crippen LogP contribution in [0.5, 0.6) is 0 Å². The van der Waals surface area contributed by atoms with Crippen molar-refractivity contribution >= 4 is 22.6 Å². The molecule has 1 aromatic heterocycles. The van der Waals surface area contributed by atoms with Crippen LogP contribution in [0.4, 0.5) is 10.5 Å². The number of amides is 2. The number of para-hydroxylation sites is 1. The van der Waals surface area contributed by atoms with Gasteiger partial charge in [-0.1, -0.05) is 25.1 Å². The van der Waals surface area contributed by atoms with Gasteiger partial charge in [-0.25, -0.2) is 4.79 Å². The zero-order chi connectivity index (χ0) is 16.9. The Kier molecular flexibility index (Phi) is 5.41. The quantitative estimate of drug-likeness (QED) is 0.898. The minimum absolute atomic E-state index is 0.0243. The molecule has 1 N–H and O–H groups in total. The molecule has 2 aromatic rings. The number of fused-ring (bicyclic) bond motifs is 1. The summed E-state index contributed by atoms with van der Waals surface area (Å²) in [6.07, 6.45) is 6.47. The Balaban J connectivity index is 1.82. The molecule has 0 bridgehead atoms. The summed E-state index contributed by atoms with van der Waals surface area (Å²) in [5.74, 6) is 0. The van der Waals surface area contributed by atoms with Crippen LogP contribution in [0, 0.1) is 0 Å². The second kappa shape index (κ2) is 7.71. The number of likely N-dealkylation sites (tertiary alicyclic amines) is 1. The fourth-order valence-electron chi connectivity index (χ4n) is 3.60. The summed E-state index contributed by atoms with van der Waals surface area (Å²) in [7, 11) is 1.70. The molecule has 0 radical (unpaired) electrons. The summed E-state index contributed by atoms with van der Waals surface area (Å²) in [5.41, 5.74) is 2.00. The van der Waals surface area contributed by atoms with E-state index < -0.39 is 0 Å². The van der Waals surface area contributed by atoms with Crippen LogP contribution in [0.15, 0.2) is 30.5 Å². The molecule has 5 heteroatoms. The maximum Gasteiger partial charge on any atom is 0.322 e. The van der Waals surface area contributed by atoms with Crippen LogP contribution in [0.3, 0.4) is 0 Å². The summed E-state index contributed by atoms with van der Waals surface area (Å²) in [4.78, 5) is 14.8. The van der Waals surface area contributed by atoms with E-state index in [9.17, 15) is 4.79 Å². The number of hydrogen-bond acceptors (Lipinski definition) is 2. The zero-order valence-electron chi connectivity index (χ0n) is 14.6. The zero-order valence-corrected chi connectivity index (χ0v) is 14.6. The van der Waals surface area contributed by atoms with Crippen LogP contribution in [0.1, 0.15) is 32.6 Å². The minimum Gasteiger partial charge on any atom is -0.383 e. The maximum absolute atomic E-state index is 12.8. The van der Waals surface area contributed by atoms with Crippen molar-refractivity contribution in [3.63, 3.8) is 0 Å². The number of piperidine rings is 1. The molecule has 0 saturated carbocycles. The number of carbonyl (C=O) groups excluding carboxylic acids is 1. The number of methoxy groups -OCH3 is 1. The summed E-state index contributed by atoms with van der Waals surface area (Å²) >= 11 is 0. The van der Waals surface area contributed by atoms with Crippen molar-refractivity contribution in [2.24, 2.45) is 0 Å². The summed E-state index contributed by atoms with van der Waals surface area (Å²) < 4.78 is 7.33. The molecule has 0 spiro atoms. The number of rotatable bonds is 5. The van der Waals surface area contributed by atoms with Gasteiger partial charge >= 0.3 is 6.03 Å². The lowest BCUT2D eigenvalue weighted by Crippen LogP contribution is -2.45. The average Bonchev–Trinajstić information content (AvgIpc) is 2.97. The first-order valence-electron chi connectivity index (χ1n) is 8.89. The fourth-order valence-corrected chi connectivity index (χ4v) is 3.60. The molecule has 24 heavy (non-hydrogen) atoms. The van der Waals surface area contributed by atoms with Gasteiger partial charge in [0.2, 0.25) is 0 Å². The first-order valence-corrected chi connectivity index (χ1v) is 8.89. The Morgan fingerprint density at radius 3 is 2.96 bits per heavy atom. The highest BCUT2D eigenvalue weighted by Gasteiger charge is 2.25. The third-order valence-corrected chi connectivity index (χ3v) is 4.93. The molecule has 3 rings (SSSR count). The normalized spacial score (nSPS) is 18.1. The van der Waals surface area contributed by atoms with Crippen molar-refractivity contribution in [3.05, 3.63) is 30.5 Å². The molecule has 0 aliphatic carbocycles. The van der Waals surface area contributed by atoms with Crippen LogP contribution in [0.25, 0.3) is 10.9 Å². The number of aromatic nitrogens is 1. The van der Waals surface area contributed by atoms with E-state index in [2.05, 4.69) is 28.9 Å². The Morgan fingerprint density at radius 2 is 2.17 bits per heavy atom. The molecule has 1 aliphatic rings. The van der Waals surface area contributed by atoms with Gasteiger partial charge in [0.25, 0.3) is 0 Å². The number of nitrogens with one attached hydrogen (secondary N) is 1. The van der Waals surface area contributed by atoms with E-state index in [-0.39, 0.29) is 6.03 Å². The van der Waals surface area contributed by atoms with E-state index in [4.69, 9.17) is 4.74 Å². The van der Waals surface area contributed by atoms with Gasteiger partial charge in [0.15, 0.2) is 0 Å². The Labute approximate surface area is 143 Å². The lowest BCUT2D eigenvalue weighted by Gasteiger charge is -2.35. The van der Waals surface area contributed by atoms with Gasteiger partial charge in [-0.2, -0.15) is 0 Å². The smallest absolute Gasteiger partial charge is 0.322 e. The molecule has 1 unspecified atom stereocenters. The van der Waals surface area contributed by atoms with E-state index in [0.717, 1.165) is 48.9 Å². The number of anilines is 1. The van der Waals surface area contributed by atoms with Crippen molar-refractivity contribution in [3.8, 4) is 0 Å². The Morgan fingerprint density at radius 1 is 1.33 bits per heavy atom. The van der Waals surface area contributed by atoms with Crippen LogP contribution in [-0.2, 0) is 11.3 Å². The molecule has 1 atom stereocenters. The Hall–Kier alpha value is -2.01. The van der Waals surface area contributed by atoms with E-state index >= 15 is 0 Å². The molecule has 2 heterocycles. The van der Waals surface area contributed by atoms with Crippen LogP contribution < -0.4 is 5.32 Å². The summed E-state index contributed by atoms with van der Waals surface area (Å²) in [5, 5.41) is 4.22. The third kappa shape index (κ3) is 3.41. The minimum atomic E-state index is 0.0243. The van der Waals surface area contributed by atoms with E-state index in [0.29, 0.717) is 12.6 Å². The van der Waals surface area contributed by atoms with Gasteiger partial charge in [0.1, 0.15) is 0 Å². The molecule has 5 nitrogen and oxygen atoms in total. The molecule has 130 valence electrons. The van der Waals surface area contributed by atoms with Crippen molar-refractivity contribution < 1.29 is 9.53 Å².